The Kier molecular flexibility index (Phi) is 4.36. The van der Waals surface area contributed by atoms with Crippen molar-refractivity contribution in [2.24, 2.45) is 0 Å². The molecule has 0 radical (unpaired) electrons. The van der Waals surface area contributed by atoms with Crippen molar-refractivity contribution in [3.8, 4) is 0 Å². The molecule has 0 unspecified atom stereocenters. The normalized spacial score (nSPS) is 26.8. The summed E-state index contributed by atoms with van der Waals surface area (Å²) >= 11 is 0. The minimum absolute atomic E-state index is 0.0182. The summed E-state index contributed by atoms with van der Waals surface area (Å²) in [6.07, 6.45) is 3.49. The Balaban J connectivity index is 1.16. The van der Waals surface area contributed by atoms with Gasteiger partial charge in [0.25, 0.3) is 5.91 Å². The van der Waals surface area contributed by atoms with Crippen LogP contribution in [0.1, 0.15) is 72.6 Å². The average molecular weight is 444 g/mol. The Bertz CT molecular complexity index is 1070. The fourth-order valence-corrected chi connectivity index (χ4v) is 5.18. The summed E-state index contributed by atoms with van der Waals surface area (Å²) in [4.78, 5) is 33.6. The molecule has 32 heavy (non-hydrogen) atoms. The van der Waals surface area contributed by atoms with Gasteiger partial charge < -0.3 is 19.1 Å². The number of carbonyl (C=O) groups is 2. The van der Waals surface area contributed by atoms with Crippen LogP contribution in [-0.4, -0.2) is 56.7 Å². The average Bonchev–Trinajstić information content (AvgIpc) is 3.25. The topological polar surface area (TPSA) is 88.8 Å². The quantitative estimate of drug-likeness (QED) is 0.723. The third-order valence-corrected chi connectivity index (χ3v) is 7.01. The molecule has 1 spiro atoms. The lowest BCUT2D eigenvalue weighted by molar-refractivity contribution is -0.142. The monoisotopic (exact) mass is 444 g/mol. The number of hydrogen-bond acceptors (Lipinski definition) is 6. The van der Waals surface area contributed by atoms with Crippen LogP contribution in [0.4, 0.5) is 8.78 Å². The fraction of sp³-hybridized carbons (Fsp3) is 0.545. The number of halogens is 2. The summed E-state index contributed by atoms with van der Waals surface area (Å²) in [5, 5.41) is 3.89. The van der Waals surface area contributed by atoms with Crippen molar-refractivity contribution < 1.29 is 27.6 Å². The van der Waals surface area contributed by atoms with Crippen LogP contribution in [0.25, 0.3) is 0 Å². The number of carbonyl (C=O) groups excluding carboxylic acids is 2. The molecule has 2 atom stereocenters. The molecule has 168 valence electrons. The van der Waals surface area contributed by atoms with E-state index < -0.39 is 29.5 Å². The molecule has 1 aromatic carbocycles. The minimum atomic E-state index is -1.01. The van der Waals surface area contributed by atoms with Gasteiger partial charge in [0.15, 0.2) is 11.4 Å². The molecule has 3 aliphatic heterocycles. The molecule has 1 saturated carbocycles. The first-order chi connectivity index (χ1) is 15.4. The van der Waals surface area contributed by atoms with Gasteiger partial charge in [0.1, 0.15) is 17.9 Å². The maximum Gasteiger partial charge on any atom is 0.316 e. The van der Waals surface area contributed by atoms with Gasteiger partial charge in [-0.05, 0) is 43.4 Å². The Morgan fingerprint density at radius 1 is 1.06 bits per heavy atom. The predicted molar refractivity (Wildman–Crippen MR) is 104 cm³/mol. The number of piperidine rings is 1. The molecule has 2 amide bonds. The number of rotatable bonds is 3. The van der Waals surface area contributed by atoms with Crippen molar-refractivity contribution in [1.29, 1.82) is 0 Å². The van der Waals surface area contributed by atoms with E-state index in [1.54, 1.807) is 9.80 Å². The number of fused-ring (bicyclic) bond motifs is 1. The molecule has 10 heteroatoms. The fourth-order valence-electron chi connectivity index (χ4n) is 5.18. The van der Waals surface area contributed by atoms with Gasteiger partial charge in [0.2, 0.25) is 0 Å². The largest absolute Gasteiger partial charge is 0.342 e. The SMILES string of the molecule is O=C(c1nc(C2CC2)no1)N1CCC2(CC1)O[C@@H]1CC[C@@H](c3cc(F)cc(F)c3)N1C2=O. The summed E-state index contributed by atoms with van der Waals surface area (Å²) in [5.41, 5.74) is -0.575. The van der Waals surface area contributed by atoms with Crippen molar-refractivity contribution >= 4 is 11.8 Å². The number of likely N-dealkylation sites (tertiary alicyclic amines) is 1. The van der Waals surface area contributed by atoms with E-state index in [-0.39, 0.29) is 17.7 Å². The lowest BCUT2D eigenvalue weighted by Crippen LogP contribution is -2.51. The standard InChI is InChI=1S/C22H22F2N4O4/c23-14-9-13(10-15(24)11-14)16-3-4-17-28(16)21(30)22(31-17)5-7-27(8-6-22)20(29)19-25-18(26-32-19)12-1-2-12/h9-12,16-17H,1-8H2/t16-,17+/m0/s1. The lowest BCUT2D eigenvalue weighted by Gasteiger charge is -2.37. The third-order valence-electron chi connectivity index (χ3n) is 7.01. The Morgan fingerprint density at radius 3 is 2.47 bits per heavy atom. The molecule has 4 heterocycles. The molecule has 8 nitrogen and oxygen atoms in total. The number of hydrogen-bond donors (Lipinski definition) is 0. The molecule has 6 rings (SSSR count). The van der Waals surface area contributed by atoms with Gasteiger partial charge in [0.05, 0.1) is 6.04 Å². The van der Waals surface area contributed by atoms with E-state index in [4.69, 9.17) is 9.26 Å². The minimum Gasteiger partial charge on any atom is -0.342 e. The third kappa shape index (κ3) is 3.11. The summed E-state index contributed by atoms with van der Waals surface area (Å²) < 4.78 is 38.9. The first-order valence-corrected chi connectivity index (χ1v) is 11.0. The molecular weight excluding hydrogens is 422 g/mol. The maximum atomic E-state index is 13.7. The molecule has 0 bridgehead atoms. The van der Waals surface area contributed by atoms with E-state index in [0.29, 0.717) is 56.1 Å². The van der Waals surface area contributed by atoms with Crippen LogP contribution in [0, 0.1) is 11.6 Å². The van der Waals surface area contributed by atoms with Crippen LogP contribution >= 0.6 is 0 Å². The van der Waals surface area contributed by atoms with Crippen LogP contribution in [0.5, 0.6) is 0 Å². The second kappa shape index (κ2) is 7.06. The Labute approximate surface area is 182 Å². The van der Waals surface area contributed by atoms with E-state index in [2.05, 4.69) is 10.1 Å². The maximum absolute atomic E-state index is 13.7. The zero-order valence-electron chi connectivity index (χ0n) is 17.3. The van der Waals surface area contributed by atoms with Crippen LogP contribution < -0.4 is 0 Å². The van der Waals surface area contributed by atoms with Gasteiger partial charge in [-0.3, -0.25) is 9.59 Å². The van der Waals surface area contributed by atoms with Crippen molar-refractivity contribution in [2.45, 2.75) is 62.3 Å². The van der Waals surface area contributed by atoms with Crippen LogP contribution in [0.3, 0.4) is 0 Å². The first-order valence-electron chi connectivity index (χ1n) is 11.0. The van der Waals surface area contributed by atoms with Gasteiger partial charge in [-0.1, -0.05) is 5.16 Å². The zero-order valence-corrected chi connectivity index (χ0v) is 17.3. The van der Waals surface area contributed by atoms with Crippen molar-refractivity contribution in [1.82, 2.24) is 19.9 Å². The molecular formula is C22H22F2N4O4. The van der Waals surface area contributed by atoms with Gasteiger partial charge in [0, 0.05) is 37.9 Å². The highest BCUT2D eigenvalue weighted by Gasteiger charge is 2.58. The highest BCUT2D eigenvalue weighted by molar-refractivity contribution is 5.91. The highest BCUT2D eigenvalue weighted by atomic mass is 19.1. The van der Waals surface area contributed by atoms with Gasteiger partial charge in [-0.2, -0.15) is 4.98 Å². The van der Waals surface area contributed by atoms with E-state index in [0.717, 1.165) is 18.9 Å². The molecule has 4 fully saturated rings. The number of nitrogens with zero attached hydrogens (tertiary/aromatic N) is 4. The van der Waals surface area contributed by atoms with E-state index >= 15 is 0 Å². The molecule has 0 N–H and O–H groups in total. The number of amides is 2. The van der Waals surface area contributed by atoms with Crippen LogP contribution in [-0.2, 0) is 9.53 Å². The summed E-state index contributed by atoms with van der Waals surface area (Å²) in [5.74, 6) is -0.977. The molecule has 3 saturated heterocycles. The number of aromatic nitrogens is 2. The van der Waals surface area contributed by atoms with Crippen molar-refractivity contribution in [3.05, 3.63) is 47.1 Å². The van der Waals surface area contributed by atoms with Crippen molar-refractivity contribution in [2.75, 3.05) is 13.1 Å². The molecule has 2 aromatic rings. The highest BCUT2D eigenvalue weighted by Crippen LogP contribution is 2.48. The molecule has 1 aliphatic carbocycles. The first kappa shape index (κ1) is 19.8. The molecule has 1 aromatic heterocycles. The summed E-state index contributed by atoms with van der Waals surface area (Å²) in [7, 11) is 0. The Hall–Kier alpha value is -2.88. The molecule has 4 aliphatic rings. The van der Waals surface area contributed by atoms with E-state index in [1.807, 2.05) is 0 Å². The second-order valence-corrected chi connectivity index (χ2v) is 9.10. The van der Waals surface area contributed by atoms with E-state index in [9.17, 15) is 18.4 Å². The smallest absolute Gasteiger partial charge is 0.316 e. The lowest BCUT2D eigenvalue weighted by atomic mass is 9.89. The summed E-state index contributed by atoms with van der Waals surface area (Å²) in [6, 6.07) is 2.95. The van der Waals surface area contributed by atoms with Crippen molar-refractivity contribution in [3.63, 3.8) is 0 Å². The van der Waals surface area contributed by atoms with Crippen LogP contribution in [0.15, 0.2) is 22.7 Å². The number of benzene rings is 1. The van der Waals surface area contributed by atoms with Crippen LogP contribution in [0.2, 0.25) is 0 Å². The predicted octanol–water partition coefficient (Wildman–Crippen LogP) is 2.92. The second-order valence-electron chi connectivity index (χ2n) is 9.10. The van der Waals surface area contributed by atoms with Gasteiger partial charge >= 0.3 is 11.8 Å². The van der Waals surface area contributed by atoms with Gasteiger partial charge in [-0.25, -0.2) is 8.78 Å². The van der Waals surface area contributed by atoms with Gasteiger partial charge in [-0.15, -0.1) is 0 Å². The summed E-state index contributed by atoms with van der Waals surface area (Å²) in [6.45, 7) is 0.650. The van der Waals surface area contributed by atoms with E-state index in [1.165, 1.54) is 12.1 Å². The Morgan fingerprint density at radius 2 is 1.78 bits per heavy atom. The number of ether oxygens (including phenoxy) is 1. The zero-order chi connectivity index (χ0) is 22.0.